The second kappa shape index (κ2) is 9.82. The number of ether oxygens (including phenoxy) is 1. The van der Waals surface area contributed by atoms with Gasteiger partial charge >= 0.3 is 0 Å². The van der Waals surface area contributed by atoms with Gasteiger partial charge in [-0.05, 0) is 36.5 Å². The molecule has 3 nitrogen and oxygen atoms in total. The van der Waals surface area contributed by atoms with Gasteiger partial charge in [-0.25, -0.2) is 13.2 Å². The highest BCUT2D eigenvalue weighted by molar-refractivity contribution is 5.85. The molecule has 3 rings (SSSR count). The van der Waals surface area contributed by atoms with Crippen LogP contribution in [0.4, 0.5) is 13.2 Å². The summed E-state index contributed by atoms with van der Waals surface area (Å²) >= 11 is 0. The first-order valence-corrected chi connectivity index (χ1v) is 7.84. The van der Waals surface area contributed by atoms with E-state index in [9.17, 15) is 13.2 Å². The van der Waals surface area contributed by atoms with Crippen molar-refractivity contribution < 1.29 is 17.9 Å². The molecule has 1 atom stereocenters. The number of hydrogen-bond acceptors (Lipinski definition) is 3. The summed E-state index contributed by atoms with van der Waals surface area (Å²) in [4.78, 5) is 2.25. The van der Waals surface area contributed by atoms with E-state index < -0.39 is 17.5 Å². The van der Waals surface area contributed by atoms with Crippen LogP contribution in [-0.4, -0.2) is 44.3 Å². The molecule has 0 amide bonds. The lowest BCUT2D eigenvalue weighted by Gasteiger charge is -2.41. The Balaban J connectivity index is 0.00000144. The van der Waals surface area contributed by atoms with Gasteiger partial charge in [0.05, 0.1) is 0 Å². The van der Waals surface area contributed by atoms with Gasteiger partial charge in [-0.15, -0.1) is 24.8 Å². The van der Waals surface area contributed by atoms with Crippen LogP contribution in [0.1, 0.15) is 24.4 Å². The maximum absolute atomic E-state index is 13.7. The fourth-order valence-electron chi connectivity index (χ4n) is 3.52. The Labute approximate surface area is 152 Å². The van der Waals surface area contributed by atoms with Gasteiger partial charge in [-0.1, -0.05) is 0 Å². The van der Waals surface area contributed by atoms with E-state index in [-0.39, 0.29) is 36.8 Å². The Morgan fingerprint density at radius 2 is 1.54 bits per heavy atom. The van der Waals surface area contributed by atoms with Gasteiger partial charge < -0.3 is 10.1 Å². The lowest BCUT2D eigenvalue weighted by molar-refractivity contribution is 0.0211. The lowest BCUT2D eigenvalue weighted by atomic mass is 9.85. The molecule has 138 valence electrons. The molecule has 0 bridgehead atoms. The van der Waals surface area contributed by atoms with Gasteiger partial charge in [-0.3, -0.25) is 4.90 Å². The molecule has 2 heterocycles. The first-order chi connectivity index (χ1) is 10.7. The summed E-state index contributed by atoms with van der Waals surface area (Å²) in [7, 11) is 0. The minimum Gasteiger partial charge on any atom is -0.381 e. The number of nitrogens with one attached hydrogen (secondary N) is 1. The van der Waals surface area contributed by atoms with Crippen molar-refractivity contribution in [2.24, 2.45) is 5.92 Å². The lowest BCUT2D eigenvalue weighted by Crippen LogP contribution is -2.47. The summed E-state index contributed by atoms with van der Waals surface area (Å²) in [6.45, 7) is 4.68. The Morgan fingerprint density at radius 1 is 1.00 bits per heavy atom. The standard InChI is InChI=1S/C16H21F3N2O.2ClH/c17-13-9-12(10-14(18)15(13)19)16(11-1-7-22-8-2-11)21-5-3-20-4-6-21;;/h9-11,16,20H,1-8H2;2*1H/t16-;;/m0../s1. The molecule has 1 aromatic carbocycles. The number of halogens is 5. The summed E-state index contributed by atoms with van der Waals surface area (Å²) in [6.07, 6.45) is 1.71. The molecule has 1 aromatic rings. The van der Waals surface area contributed by atoms with Gasteiger partial charge in [-0.2, -0.15) is 0 Å². The quantitative estimate of drug-likeness (QED) is 0.806. The number of benzene rings is 1. The second-order valence-electron chi connectivity index (χ2n) is 5.98. The minimum atomic E-state index is -1.39. The maximum Gasteiger partial charge on any atom is 0.194 e. The molecule has 0 radical (unpaired) electrons. The van der Waals surface area contributed by atoms with E-state index in [4.69, 9.17) is 4.74 Å². The fraction of sp³-hybridized carbons (Fsp3) is 0.625. The molecule has 0 saturated carbocycles. The minimum absolute atomic E-state index is 0. The third-order valence-corrected chi connectivity index (χ3v) is 4.61. The molecule has 2 saturated heterocycles. The molecule has 2 fully saturated rings. The average molecular weight is 387 g/mol. The molecule has 2 aliphatic rings. The van der Waals surface area contributed by atoms with E-state index in [1.54, 1.807) is 0 Å². The zero-order chi connectivity index (χ0) is 15.5. The normalized spacial score (nSPS) is 20.8. The van der Waals surface area contributed by atoms with Gasteiger partial charge in [0.25, 0.3) is 0 Å². The van der Waals surface area contributed by atoms with Crippen LogP contribution >= 0.6 is 24.8 Å². The van der Waals surface area contributed by atoms with Crippen molar-refractivity contribution in [1.82, 2.24) is 10.2 Å². The van der Waals surface area contributed by atoms with Crippen LogP contribution in [0, 0.1) is 23.4 Å². The number of rotatable bonds is 3. The monoisotopic (exact) mass is 386 g/mol. The molecule has 24 heavy (non-hydrogen) atoms. The Bertz CT molecular complexity index is 483. The van der Waals surface area contributed by atoms with E-state index >= 15 is 0 Å². The molecular weight excluding hydrogens is 364 g/mol. The summed E-state index contributed by atoms with van der Waals surface area (Å²) < 4.78 is 46.0. The molecule has 0 unspecified atom stereocenters. The summed E-state index contributed by atoms with van der Waals surface area (Å²) in [6, 6.07) is 2.22. The highest BCUT2D eigenvalue weighted by atomic mass is 35.5. The van der Waals surface area contributed by atoms with Gasteiger partial charge in [0.15, 0.2) is 17.5 Å². The summed E-state index contributed by atoms with van der Waals surface area (Å²) in [5, 5.41) is 3.28. The Morgan fingerprint density at radius 3 is 2.08 bits per heavy atom. The third kappa shape index (κ3) is 4.76. The van der Waals surface area contributed by atoms with Gasteiger partial charge in [0.2, 0.25) is 0 Å². The molecule has 8 heteroatoms. The van der Waals surface area contributed by atoms with Crippen LogP contribution in [0.3, 0.4) is 0 Å². The predicted octanol–water partition coefficient (Wildman–Crippen LogP) is 3.32. The van der Waals surface area contributed by atoms with Crippen molar-refractivity contribution in [2.45, 2.75) is 18.9 Å². The average Bonchev–Trinajstić information content (AvgIpc) is 2.55. The Hall–Kier alpha value is -0.530. The predicted molar refractivity (Wildman–Crippen MR) is 91.5 cm³/mol. The summed E-state index contributed by atoms with van der Waals surface area (Å²) in [5.74, 6) is -3.34. The van der Waals surface area contributed by atoms with E-state index in [0.717, 1.165) is 51.2 Å². The van der Waals surface area contributed by atoms with Crippen molar-refractivity contribution in [3.8, 4) is 0 Å². The van der Waals surface area contributed by atoms with Crippen molar-refractivity contribution in [3.63, 3.8) is 0 Å². The largest absolute Gasteiger partial charge is 0.381 e. The van der Waals surface area contributed by atoms with Crippen molar-refractivity contribution in [3.05, 3.63) is 35.1 Å². The molecular formula is C16H23Cl2F3N2O. The van der Waals surface area contributed by atoms with Crippen molar-refractivity contribution in [2.75, 3.05) is 39.4 Å². The first kappa shape index (κ1) is 21.5. The third-order valence-electron chi connectivity index (χ3n) is 4.61. The molecule has 2 aliphatic heterocycles. The van der Waals surface area contributed by atoms with E-state index in [0.29, 0.717) is 18.8 Å². The van der Waals surface area contributed by atoms with Gasteiger partial charge in [0, 0.05) is 45.4 Å². The fourth-order valence-corrected chi connectivity index (χ4v) is 3.52. The second-order valence-corrected chi connectivity index (χ2v) is 5.98. The summed E-state index contributed by atoms with van der Waals surface area (Å²) in [5.41, 5.74) is 0.533. The van der Waals surface area contributed by atoms with E-state index in [2.05, 4.69) is 10.2 Å². The van der Waals surface area contributed by atoms with Gasteiger partial charge in [0.1, 0.15) is 0 Å². The van der Waals surface area contributed by atoms with Crippen LogP contribution in [-0.2, 0) is 4.74 Å². The highest BCUT2D eigenvalue weighted by Gasteiger charge is 2.32. The van der Waals surface area contributed by atoms with E-state index in [1.165, 1.54) is 0 Å². The molecule has 0 aliphatic carbocycles. The Kier molecular flexibility index (Phi) is 8.81. The maximum atomic E-state index is 13.7. The van der Waals surface area contributed by atoms with Crippen LogP contribution in [0.2, 0.25) is 0 Å². The number of piperazine rings is 1. The first-order valence-electron chi connectivity index (χ1n) is 7.84. The van der Waals surface area contributed by atoms with Crippen LogP contribution in [0.15, 0.2) is 12.1 Å². The molecule has 0 spiro atoms. The van der Waals surface area contributed by atoms with Crippen LogP contribution in [0.25, 0.3) is 0 Å². The molecule has 0 aromatic heterocycles. The zero-order valence-electron chi connectivity index (χ0n) is 13.3. The number of hydrogen-bond donors (Lipinski definition) is 1. The highest BCUT2D eigenvalue weighted by Crippen LogP contribution is 2.36. The van der Waals surface area contributed by atoms with E-state index in [1.807, 2.05) is 0 Å². The van der Waals surface area contributed by atoms with Crippen LogP contribution in [0.5, 0.6) is 0 Å². The van der Waals surface area contributed by atoms with Crippen molar-refractivity contribution in [1.29, 1.82) is 0 Å². The smallest absolute Gasteiger partial charge is 0.194 e. The molecule has 1 N–H and O–H groups in total. The van der Waals surface area contributed by atoms with Crippen molar-refractivity contribution >= 4 is 24.8 Å². The SMILES string of the molecule is Cl.Cl.Fc1cc([C@H](C2CCOCC2)N2CCNCC2)cc(F)c1F. The zero-order valence-corrected chi connectivity index (χ0v) is 14.9. The number of nitrogens with zero attached hydrogens (tertiary/aromatic N) is 1. The topological polar surface area (TPSA) is 24.5 Å². The van der Waals surface area contributed by atoms with Crippen LogP contribution < -0.4 is 5.32 Å².